The Hall–Kier alpha value is -1.29. The Morgan fingerprint density at radius 3 is 2.88 bits per heavy atom. The molecule has 0 aliphatic heterocycles. The van der Waals surface area contributed by atoms with Crippen molar-refractivity contribution < 1.29 is 0 Å². The van der Waals surface area contributed by atoms with Crippen molar-refractivity contribution in [2.45, 2.75) is 27.3 Å². The molecule has 2 heterocycles. The number of aryl methyl sites for hydroxylation is 2. The number of hydrogen-bond acceptors (Lipinski definition) is 3. The van der Waals surface area contributed by atoms with E-state index in [-0.39, 0.29) is 0 Å². The zero-order valence-electron chi connectivity index (χ0n) is 9.95. The van der Waals surface area contributed by atoms with E-state index in [2.05, 4.69) is 46.4 Å². The lowest BCUT2D eigenvalue weighted by molar-refractivity contribution is 0.807. The maximum atomic E-state index is 4.47. The van der Waals surface area contributed by atoms with Gasteiger partial charge < -0.3 is 9.88 Å². The van der Waals surface area contributed by atoms with Crippen LogP contribution < -0.4 is 5.32 Å². The van der Waals surface area contributed by atoms with Crippen LogP contribution in [0.5, 0.6) is 0 Å². The number of rotatable bonds is 4. The number of anilines is 1. The van der Waals surface area contributed by atoms with E-state index < -0.39 is 0 Å². The standard InChI is InChI=1S/C12H17N3S/c1-4-13-12-14-10(3)7-15(12)8-11-9(2)5-6-16-11/h5-7H,4,8H2,1-3H3,(H,13,14). The van der Waals surface area contributed by atoms with Crippen molar-refractivity contribution in [1.29, 1.82) is 0 Å². The van der Waals surface area contributed by atoms with Crippen LogP contribution in [0.15, 0.2) is 17.6 Å². The molecule has 0 saturated heterocycles. The van der Waals surface area contributed by atoms with Crippen LogP contribution in [0.3, 0.4) is 0 Å². The van der Waals surface area contributed by atoms with E-state index in [0.29, 0.717) is 0 Å². The van der Waals surface area contributed by atoms with Gasteiger partial charge in [-0.25, -0.2) is 4.98 Å². The molecule has 0 saturated carbocycles. The van der Waals surface area contributed by atoms with Crippen LogP contribution in [-0.4, -0.2) is 16.1 Å². The number of nitrogens with one attached hydrogen (secondary N) is 1. The first-order chi connectivity index (χ1) is 7.70. The summed E-state index contributed by atoms with van der Waals surface area (Å²) < 4.78 is 2.18. The average molecular weight is 235 g/mol. The Kier molecular flexibility index (Phi) is 3.29. The van der Waals surface area contributed by atoms with Crippen molar-refractivity contribution in [3.8, 4) is 0 Å². The van der Waals surface area contributed by atoms with Crippen LogP contribution in [0.4, 0.5) is 5.95 Å². The number of aromatic nitrogens is 2. The molecular weight excluding hydrogens is 218 g/mol. The lowest BCUT2D eigenvalue weighted by atomic mass is 10.3. The summed E-state index contributed by atoms with van der Waals surface area (Å²) in [7, 11) is 0. The maximum absolute atomic E-state index is 4.47. The topological polar surface area (TPSA) is 29.9 Å². The number of hydrogen-bond donors (Lipinski definition) is 1. The number of imidazole rings is 1. The largest absolute Gasteiger partial charge is 0.356 e. The summed E-state index contributed by atoms with van der Waals surface area (Å²) in [6.07, 6.45) is 2.09. The SMILES string of the molecule is CCNc1nc(C)cn1Cc1sccc1C. The van der Waals surface area contributed by atoms with Gasteiger partial charge in [0.1, 0.15) is 0 Å². The van der Waals surface area contributed by atoms with Gasteiger partial charge in [-0.15, -0.1) is 11.3 Å². The van der Waals surface area contributed by atoms with Gasteiger partial charge >= 0.3 is 0 Å². The summed E-state index contributed by atoms with van der Waals surface area (Å²) >= 11 is 1.80. The predicted molar refractivity (Wildman–Crippen MR) is 69.3 cm³/mol. The first kappa shape index (κ1) is 11.2. The third-order valence-electron chi connectivity index (χ3n) is 2.51. The lowest BCUT2D eigenvalue weighted by Crippen LogP contribution is -2.07. The molecule has 16 heavy (non-hydrogen) atoms. The molecule has 0 bridgehead atoms. The van der Waals surface area contributed by atoms with Gasteiger partial charge in [-0.1, -0.05) is 0 Å². The molecule has 3 nitrogen and oxygen atoms in total. The van der Waals surface area contributed by atoms with Gasteiger partial charge in [-0.2, -0.15) is 0 Å². The van der Waals surface area contributed by atoms with E-state index in [1.54, 1.807) is 11.3 Å². The minimum atomic E-state index is 0.903. The van der Waals surface area contributed by atoms with Crippen LogP contribution in [0.25, 0.3) is 0 Å². The van der Waals surface area contributed by atoms with E-state index >= 15 is 0 Å². The summed E-state index contributed by atoms with van der Waals surface area (Å²) in [5.74, 6) is 0.966. The fraction of sp³-hybridized carbons (Fsp3) is 0.417. The molecule has 0 aromatic carbocycles. The Morgan fingerprint density at radius 1 is 1.44 bits per heavy atom. The van der Waals surface area contributed by atoms with Crippen molar-refractivity contribution in [3.63, 3.8) is 0 Å². The van der Waals surface area contributed by atoms with Crippen LogP contribution in [0, 0.1) is 13.8 Å². The predicted octanol–water partition coefficient (Wildman–Crippen LogP) is 3.04. The zero-order valence-corrected chi connectivity index (χ0v) is 10.8. The van der Waals surface area contributed by atoms with Crippen molar-refractivity contribution in [1.82, 2.24) is 9.55 Å². The van der Waals surface area contributed by atoms with Gasteiger partial charge in [-0.05, 0) is 37.8 Å². The van der Waals surface area contributed by atoms with Gasteiger partial charge in [0.25, 0.3) is 0 Å². The highest BCUT2D eigenvalue weighted by molar-refractivity contribution is 7.10. The molecule has 2 rings (SSSR count). The van der Waals surface area contributed by atoms with Crippen molar-refractivity contribution in [3.05, 3.63) is 33.8 Å². The molecule has 0 aliphatic carbocycles. The van der Waals surface area contributed by atoms with Gasteiger partial charge in [0, 0.05) is 17.6 Å². The van der Waals surface area contributed by atoms with Crippen molar-refractivity contribution in [2.24, 2.45) is 0 Å². The van der Waals surface area contributed by atoms with Gasteiger partial charge in [0.15, 0.2) is 0 Å². The second kappa shape index (κ2) is 4.70. The molecule has 0 spiro atoms. The second-order valence-corrected chi connectivity index (χ2v) is 4.89. The molecule has 0 radical (unpaired) electrons. The van der Waals surface area contributed by atoms with Crippen molar-refractivity contribution in [2.75, 3.05) is 11.9 Å². The molecule has 0 atom stereocenters. The summed E-state index contributed by atoms with van der Waals surface area (Å²) in [6.45, 7) is 8.08. The average Bonchev–Trinajstić information content (AvgIpc) is 2.77. The van der Waals surface area contributed by atoms with Crippen LogP contribution in [0.1, 0.15) is 23.1 Å². The minimum Gasteiger partial charge on any atom is -0.356 e. The molecule has 0 amide bonds. The van der Waals surface area contributed by atoms with Crippen LogP contribution in [-0.2, 0) is 6.54 Å². The minimum absolute atomic E-state index is 0.903. The Labute approximate surface area is 100 Å². The van der Waals surface area contributed by atoms with E-state index in [9.17, 15) is 0 Å². The van der Waals surface area contributed by atoms with E-state index in [0.717, 1.165) is 24.7 Å². The Bertz CT molecular complexity index is 470. The Balaban J connectivity index is 2.23. The van der Waals surface area contributed by atoms with E-state index in [1.807, 2.05) is 6.92 Å². The monoisotopic (exact) mass is 235 g/mol. The third kappa shape index (κ3) is 2.27. The molecule has 1 N–H and O–H groups in total. The maximum Gasteiger partial charge on any atom is 0.203 e. The molecule has 2 aromatic heterocycles. The zero-order chi connectivity index (χ0) is 11.5. The molecule has 2 aromatic rings. The van der Waals surface area contributed by atoms with E-state index in [4.69, 9.17) is 0 Å². The first-order valence-electron chi connectivity index (χ1n) is 5.51. The van der Waals surface area contributed by atoms with E-state index in [1.165, 1.54) is 10.4 Å². The summed E-state index contributed by atoms with van der Waals surface area (Å²) in [5, 5.41) is 5.43. The fourth-order valence-corrected chi connectivity index (χ4v) is 2.59. The summed E-state index contributed by atoms with van der Waals surface area (Å²) in [6, 6.07) is 2.16. The second-order valence-electron chi connectivity index (χ2n) is 3.89. The van der Waals surface area contributed by atoms with Crippen LogP contribution in [0.2, 0.25) is 0 Å². The normalized spacial score (nSPS) is 10.7. The smallest absolute Gasteiger partial charge is 0.203 e. The quantitative estimate of drug-likeness (QED) is 0.882. The first-order valence-corrected chi connectivity index (χ1v) is 6.39. The molecule has 0 aliphatic rings. The third-order valence-corrected chi connectivity index (χ3v) is 3.52. The van der Waals surface area contributed by atoms with Gasteiger partial charge in [-0.3, -0.25) is 0 Å². The summed E-state index contributed by atoms with van der Waals surface area (Å²) in [4.78, 5) is 5.87. The molecule has 4 heteroatoms. The number of thiophene rings is 1. The highest BCUT2D eigenvalue weighted by Crippen LogP contribution is 2.19. The Morgan fingerprint density at radius 2 is 2.25 bits per heavy atom. The highest BCUT2D eigenvalue weighted by atomic mass is 32.1. The fourth-order valence-electron chi connectivity index (χ4n) is 1.69. The van der Waals surface area contributed by atoms with Crippen LogP contribution >= 0.6 is 11.3 Å². The molecule has 0 fully saturated rings. The molecule has 0 unspecified atom stereocenters. The van der Waals surface area contributed by atoms with Gasteiger partial charge in [0.2, 0.25) is 5.95 Å². The lowest BCUT2D eigenvalue weighted by Gasteiger charge is -2.07. The summed E-state index contributed by atoms with van der Waals surface area (Å²) in [5.41, 5.74) is 2.42. The molecule has 86 valence electrons. The number of nitrogens with zero attached hydrogens (tertiary/aromatic N) is 2. The van der Waals surface area contributed by atoms with Crippen molar-refractivity contribution >= 4 is 17.3 Å². The molecular formula is C12H17N3S. The highest BCUT2D eigenvalue weighted by Gasteiger charge is 2.07. The van der Waals surface area contributed by atoms with Gasteiger partial charge in [0.05, 0.1) is 12.2 Å².